The molecule has 0 unspecified atom stereocenters. The summed E-state index contributed by atoms with van der Waals surface area (Å²) in [6.07, 6.45) is 5.61. The minimum Gasteiger partial charge on any atom is -0.397 e. The van der Waals surface area contributed by atoms with Crippen LogP contribution in [0.25, 0.3) is 0 Å². The summed E-state index contributed by atoms with van der Waals surface area (Å²) >= 11 is 0. The second kappa shape index (κ2) is 3.44. The number of nitrogens with one attached hydrogen (secondary N) is 1. The lowest BCUT2D eigenvalue weighted by atomic mass is 10.1. The van der Waals surface area contributed by atoms with Crippen LogP contribution in [-0.2, 0) is 0 Å². The number of para-hydroxylation sites is 2. The Bertz CT molecular complexity index is 341. The van der Waals surface area contributed by atoms with E-state index in [0.29, 0.717) is 6.04 Å². The largest absolute Gasteiger partial charge is 0.397 e. The van der Waals surface area contributed by atoms with Crippen molar-refractivity contribution in [2.24, 2.45) is 11.8 Å². The first kappa shape index (κ1) is 9.08. The van der Waals surface area contributed by atoms with Gasteiger partial charge in [-0.15, -0.1) is 0 Å². The molecule has 0 aromatic heterocycles. The molecule has 2 heteroatoms. The van der Waals surface area contributed by atoms with Gasteiger partial charge in [0.1, 0.15) is 0 Å². The number of nitrogen functional groups attached to an aromatic ring is 1. The van der Waals surface area contributed by atoms with E-state index in [9.17, 15) is 0 Å². The molecule has 0 amide bonds. The number of anilines is 2. The third kappa shape index (κ3) is 1.94. The fourth-order valence-electron chi connectivity index (χ4n) is 2.34. The van der Waals surface area contributed by atoms with Crippen LogP contribution in [0.15, 0.2) is 24.3 Å². The Morgan fingerprint density at radius 3 is 2.20 bits per heavy atom. The topological polar surface area (TPSA) is 38.0 Å². The van der Waals surface area contributed by atoms with E-state index in [1.165, 1.54) is 25.7 Å². The molecule has 0 radical (unpaired) electrons. The van der Waals surface area contributed by atoms with Gasteiger partial charge < -0.3 is 11.1 Å². The zero-order chi connectivity index (χ0) is 10.3. The van der Waals surface area contributed by atoms with Gasteiger partial charge in [0, 0.05) is 6.04 Å². The molecular weight excluding hydrogens is 184 g/mol. The summed E-state index contributed by atoms with van der Waals surface area (Å²) < 4.78 is 0. The van der Waals surface area contributed by atoms with Crippen molar-refractivity contribution in [3.8, 4) is 0 Å². The first-order chi connectivity index (χ1) is 7.34. The summed E-state index contributed by atoms with van der Waals surface area (Å²) in [5, 5.41) is 3.65. The summed E-state index contributed by atoms with van der Waals surface area (Å²) in [5.41, 5.74) is 7.95. The number of hydrogen-bond donors (Lipinski definition) is 2. The highest BCUT2D eigenvalue weighted by molar-refractivity contribution is 5.66. The molecule has 3 rings (SSSR count). The summed E-state index contributed by atoms with van der Waals surface area (Å²) in [6.45, 7) is 0. The molecule has 3 N–H and O–H groups in total. The average Bonchev–Trinajstić information content (AvgIpc) is 3.10. The van der Waals surface area contributed by atoms with Gasteiger partial charge >= 0.3 is 0 Å². The first-order valence-corrected chi connectivity index (χ1v) is 5.95. The third-order valence-corrected chi connectivity index (χ3v) is 3.54. The Balaban J connectivity index is 1.74. The zero-order valence-electron chi connectivity index (χ0n) is 8.95. The van der Waals surface area contributed by atoms with Crippen LogP contribution < -0.4 is 11.1 Å². The summed E-state index contributed by atoms with van der Waals surface area (Å²) in [4.78, 5) is 0. The Hall–Kier alpha value is -1.18. The van der Waals surface area contributed by atoms with Crippen molar-refractivity contribution in [1.82, 2.24) is 0 Å². The second-order valence-electron chi connectivity index (χ2n) is 4.93. The normalized spacial score (nSPS) is 20.6. The maximum atomic E-state index is 5.95. The van der Waals surface area contributed by atoms with Crippen LogP contribution in [-0.4, -0.2) is 6.04 Å². The van der Waals surface area contributed by atoms with Crippen LogP contribution in [0.2, 0.25) is 0 Å². The van der Waals surface area contributed by atoms with Gasteiger partial charge in [0.25, 0.3) is 0 Å². The third-order valence-electron chi connectivity index (χ3n) is 3.54. The predicted octanol–water partition coefficient (Wildman–Crippen LogP) is 2.87. The molecule has 1 aromatic carbocycles. The van der Waals surface area contributed by atoms with Crippen LogP contribution in [0.5, 0.6) is 0 Å². The van der Waals surface area contributed by atoms with Gasteiger partial charge in [-0.25, -0.2) is 0 Å². The molecule has 0 atom stereocenters. The van der Waals surface area contributed by atoms with Gasteiger partial charge in [-0.2, -0.15) is 0 Å². The van der Waals surface area contributed by atoms with E-state index in [1.54, 1.807) is 0 Å². The summed E-state index contributed by atoms with van der Waals surface area (Å²) in [7, 11) is 0. The Morgan fingerprint density at radius 2 is 1.67 bits per heavy atom. The number of benzene rings is 1. The molecule has 80 valence electrons. The quantitative estimate of drug-likeness (QED) is 0.737. The minimum absolute atomic E-state index is 0.690. The average molecular weight is 202 g/mol. The molecular formula is C13H18N2. The van der Waals surface area contributed by atoms with Gasteiger partial charge in [0.15, 0.2) is 0 Å². The molecule has 0 heterocycles. The van der Waals surface area contributed by atoms with E-state index in [0.717, 1.165) is 23.2 Å². The van der Waals surface area contributed by atoms with E-state index in [2.05, 4.69) is 17.4 Å². The number of nitrogens with two attached hydrogens (primary N) is 1. The van der Waals surface area contributed by atoms with E-state index in [1.807, 2.05) is 12.1 Å². The molecule has 2 fully saturated rings. The fourth-order valence-corrected chi connectivity index (χ4v) is 2.34. The molecule has 2 nitrogen and oxygen atoms in total. The van der Waals surface area contributed by atoms with Gasteiger partial charge in [-0.1, -0.05) is 12.1 Å². The van der Waals surface area contributed by atoms with Crippen LogP contribution >= 0.6 is 0 Å². The van der Waals surface area contributed by atoms with Crippen molar-refractivity contribution >= 4 is 11.4 Å². The highest BCUT2D eigenvalue weighted by Crippen LogP contribution is 2.46. The second-order valence-corrected chi connectivity index (χ2v) is 4.93. The van der Waals surface area contributed by atoms with Crippen molar-refractivity contribution in [2.45, 2.75) is 31.7 Å². The highest BCUT2D eigenvalue weighted by Gasteiger charge is 2.41. The van der Waals surface area contributed by atoms with Crippen molar-refractivity contribution in [1.29, 1.82) is 0 Å². The standard InChI is InChI=1S/C13H18N2/c14-11-3-1-2-4-12(11)15-13(9-5-6-9)10-7-8-10/h1-4,9-10,13,15H,5-8,14H2. The molecule has 0 saturated heterocycles. The molecule has 1 aromatic rings. The van der Waals surface area contributed by atoms with E-state index >= 15 is 0 Å². The van der Waals surface area contributed by atoms with Gasteiger partial charge in [0.2, 0.25) is 0 Å². The molecule has 2 aliphatic rings. The van der Waals surface area contributed by atoms with Crippen LogP contribution in [0.4, 0.5) is 11.4 Å². The maximum absolute atomic E-state index is 5.95. The molecule has 2 saturated carbocycles. The molecule has 0 aliphatic heterocycles. The predicted molar refractivity (Wildman–Crippen MR) is 63.7 cm³/mol. The first-order valence-electron chi connectivity index (χ1n) is 5.95. The van der Waals surface area contributed by atoms with Gasteiger partial charge in [-0.3, -0.25) is 0 Å². The minimum atomic E-state index is 0.690. The van der Waals surface area contributed by atoms with Crippen LogP contribution in [0, 0.1) is 11.8 Å². The smallest absolute Gasteiger partial charge is 0.0576 e. The monoisotopic (exact) mass is 202 g/mol. The summed E-state index contributed by atoms with van der Waals surface area (Å²) in [6, 6.07) is 8.79. The van der Waals surface area contributed by atoms with Crippen molar-refractivity contribution in [2.75, 3.05) is 11.1 Å². The van der Waals surface area contributed by atoms with E-state index in [-0.39, 0.29) is 0 Å². The lowest BCUT2D eigenvalue weighted by Gasteiger charge is -2.20. The number of rotatable bonds is 4. The van der Waals surface area contributed by atoms with Crippen molar-refractivity contribution < 1.29 is 0 Å². The Kier molecular flexibility index (Phi) is 2.08. The molecule has 0 spiro atoms. The van der Waals surface area contributed by atoms with E-state index < -0.39 is 0 Å². The lowest BCUT2D eigenvalue weighted by Crippen LogP contribution is -2.24. The van der Waals surface area contributed by atoms with Crippen molar-refractivity contribution in [3.63, 3.8) is 0 Å². The van der Waals surface area contributed by atoms with Crippen LogP contribution in [0.1, 0.15) is 25.7 Å². The van der Waals surface area contributed by atoms with Crippen molar-refractivity contribution in [3.05, 3.63) is 24.3 Å². The number of hydrogen-bond acceptors (Lipinski definition) is 2. The Labute approximate surface area is 90.9 Å². The SMILES string of the molecule is Nc1ccccc1NC(C1CC1)C1CC1. The van der Waals surface area contributed by atoms with Gasteiger partial charge in [0.05, 0.1) is 11.4 Å². The summed E-state index contributed by atoms with van der Waals surface area (Å²) in [5.74, 6) is 1.83. The zero-order valence-corrected chi connectivity index (χ0v) is 8.95. The van der Waals surface area contributed by atoms with Crippen LogP contribution in [0.3, 0.4) is 0 Å². The maximum Gasteiger partial charge on any atom is 0.0576 e. The Morgan fingerprint density at radius 1 is 1.07 bits per heavy atom. The molecule has 2 aliphatic carbocycles. The molecule has 0 bridgehead atoms. The highest BCUT2D eigenvalue weighted by atomic mass is 15.0. The van der Waals surface area contributed by atoms with E-state index in [4.69, 9.17) is 5.73 Å². The molecule has 15 heavy (non-hydrogen) atoms. The lowest BCUT2D eigenvalue weighted by molar-refractivity contribution is 0.568. The fraction of sp³-hybridized carbons (Fsp3) is 0.538. The van der Waals surface area contributed by atoms with Gasteiger partial charge in [-0.05, 0) is 49.7 Å².